The van der Waals surface area contributed by atoms with Crippen LogP contribution in [-0.4, -0.2) is 26.3 Å². The molecule has 0 radical (unpaired) electrons. The molecule has 3 N–H and O–H groups in total. The number of nitrogens with one attached hydrogen (secondary N) is 3. The highest BCUT2D eigenvalue weighted by molar-refractivity contribution is 7.91. The molecule has 2 amide bonds. The van der Waals surface area contributed by atoms with Gasteiger partial charge in [0.05, 0.1) is 5.56 Å². The van der Waals surface area contributed by atoms with Gasteiger partial charge in [-0.15, -0.1) is 11.3 Å². The van der Waals surface area contributed by atoms with Crippen LogP contribution in [0.1, 0.15) is 35.7 Å². The fourth-order valence-electron chi connectivity index (χ4n) is 2.25. The Labute approximate surface area is 156 Å². The maximum atomic E-state index is 12.4. The van der Waals surface area contributed by atoms with Crippen molar-refractivity contribution >= 4 is 33.2 Å². The Hall–Kier alpha value is -2.17. The summed E-state index contributed by atoms with van der Waals surface area (Å²) in [5, 5.41) is 1.63. The van der Waals surface area contributed by atoms with Gasteiger partial charge in [-0.25, -0.2) is 8.42 Å². The number of aryl methyl sites for hydroxylation is 2. The molecule has 0 fully saturated rings. The highest BCUT2D eigenvalue weighted by Gasteiger charge is 2.29. The molecular formula is C16H21N3O5S2. The quantitative estimate of drug-likeness (QED) is 0.640. The molecule has 0 aliphatic rings. The van der Waals surface area contributed by atoms with Crippen LogP contribution in [0.4, 0.5) is 0 Å². The average molecular weight is 399 g/mol. The molecule has 142 valence electrons. The van der Waals surface area contributed by atoms with Gasteiger partial charge in [0.1, 0.15) is 21.8 Å². The van der Waals surface area contributed by atoms with Gasteiger partial charge in [0.25, 0.3) is 21.8 Å². The first-order valence-corrected chi connectivity index (χ1v) is 10.2. The monoisotopic (exact) mass is 399 g/mol. The van der Waals surface area contributed by atoms with E-state index in [0.29, 0.717) is 17.1 Å². The Kier molecular flexibility index (Phi) is 6.21. The molecule has 1 atom stereocenters. The van der Waals surface area contributed by atoms with Gasteiger partial charge >= 0.3 is 0 Å². The summed E-state index contributed by atoms with van der Waals surface area (Å²) in [6, 6.07) is 3.57. The van der Waals surface area contributed by atoms with Crippen LogP contribution < -0.4 is 15.6 Å². The molecule has 10 heteroatoms. The number of furan rings is 1. The second-order valence-electron chi connectivity index (χ2n) is 6.05. The first kappa shape index (κ1) is 20.1. The van der Waals surface area contributed by atoms with Crippen LogP contribution in [0.25, 0.3) is 0 Å². The lowest BCUT2D eigenvalue weighted by atomic mass is 10.1. The van der Waals surface area contributed by atoms with E-state index >= 15 is 0 Å². The molecular weight excluding hydrogens is 378 g/mol. The average Bonchev–Trinajstić information content (AvgIpc) is 3.20. The minimum atomic E-state index is -3.82. The van der Waals surface area contributed by atoms with Gasteiger partial charge in [0.15, 0.2) is 0 Å². The lowest BCUT2D eigenvalue weighted by molar-refractivity contribution is -0.124. The summed E-state index contributed by atoms with van der Waals surface area (Å²) in [6.45, 7) is 6.74. The van der Waals surface area contributed by atoms with Crippen LogP contribution >= 0.6 is 11.3 Å². The molecule has 0 aromatic carbocycles. The standard InChI is InChI=1S/C16H21N3O5S2/c1-9(2)14(19-26(22,23)13-6-5-7-25-13)16(21)18-17-15(20)12-8-10(3)24-11(12)4/h5-9,14,19H,1-4H3,(H,17,20)(H,18,21). The van der Waals surface area contributed by atoms with Gasteiger partial charge in [-0.3, -0.25) is 20.4 Å². The summed E-state index contributed by atoms with van der Waals surface area (Å²) < 4.78 is 32.4. The van der Waals surface area contributed by atoms with Crippen molar-refractivity contribution in [3.05, 3.63) is 40.7 Å². The molecule has 0 aliphatic heterocycles. The number of hydrazine groups is 1. The predicted octanol–water partition coefficient (Wildman–Crippen LogP) is 1.72. The molecule has 1 unspecified atom stereocenters. The van der Waals surface area contributed by atoms with Crippen LogP contribution in [0.2, 0.25) is 0 Å². The molecule has 26 heavy (non-hydrogen) atoms. The Morgan fingerprint density at radius 3 is 2.38 bits per heavy atom. The number of hydrogen-bond acceptors (Lipinski definition) is 6. The zero-order valence-corrected chi connectivity index (χ0v) is 16.5. The van der Waals surface area contributed by atoms with Crippen molar-refractivity contribution in [2.75, 3.05) is 0 Å². The van der Waals surface area contributed by atoms with Crippen LogP contribution in [0.5, 0.6) is 0 Å². The number of thiophene rings is 1. The zero-order valence-electron chi connectivity index (χ0n) is 14.8. The number of carbonyl (C=O) groups excluding carboxylic acids is 2. The van der Waals surface area contributed by atoms with E-state index in [-0.39, 0.29) is 10.1 Å². The van der Waals surface area contributed by atoms with Crippen LogP contribution in [0, 0.1) is 19.8 Å². The third-order valence-electron chi connectivity index (χ3n) is 3.58. The Morgan fingerprint density at radius 2 is 1.88 bits per heavy atom. The van der Waals surface area contributed by atoms with E-state index in [1.54, 1.807) is 45.2 Å². The Morgan fingerprint density at radius 1 is 1.19 bits per heavy atom. The molecule has 2 aromatic heterocycles. The molecule has 2 heterocycles. The third-order valence-corrected chi connectivity index (χ3v) is 6.41. The maximum Gasteiger partial charge on any atom is 0.273 e. The van der Waals surface area contributed by atoms with E-state index in [4.69, 9.17) is 4.42 Å². The number of hydrogen-bond donors (Lipinski definition) is 3. The zero-order chi connectivity index (χ0) is 19.5. The van der Waals surface area contributed by atoms with Crippen molar-refractivity contribution in [1.82, 2.24) is 15.6 Å². The molecule has 8 nitrogen and oxygen atoms in total. The fourth-order valence-corrected chi connectivity index (χ4v) is 4.61. The molecule has 0 saturated heterocycles. The van der Waals surface area contributed by atoms with Gasteiger partial charge in [0, 0.05) is 0 Å². The molecule has 0 saturated carbocycles. The lowest BCUT2D eigenvalue weighted by Gasteiger charge is -2.21. The highest BCUT2D eigenvalue weighted by atomic mass is 32.2. The molecule has 0 aliphatic carbocycles. The smallest absolute Gasteiger partial charge is 0.273 e. The van der Waals surface area contributed by atoms with Crippen molar-refractivity contribution in [3.63, 3.8) is 0 Å². The molecule has 0 spiro atoms. The van der Waals surface area contributed by atoms with Gasteiger partial charge in [-0.05, 0) is 37.3 Å². The van der Waals surface area contributed by atoms with Crippen LogP contribution in [-0.2, 0) is 14.8 Å². The van der Waals surface area contributed by atoms with Crippen LogP contribution in [0.15, 0.2) is 32.2 Å². The number of sulfonamides is 1. The minimum Gasteiger partial charge on any atom is -0.466 e. The SMILES string of the molecule is Cc1cc(C(=O)NNC(=O)C(NS(=O)(=O)c2cccs2)C(C)C)c(C)o1. The van der Waals surface area contributed by atoms with Gasteiger partial charge in [0.2, 0.25) is 0 Å². The van der Waals surface area contributed by atoms with Crippen molar-refractivity contribution in [3.8, 4) is 0 Å². The van der Waals surface area contributed by atoms with E-state index in [2.05, 4.69) is 15.6 Å². The number of rotatable bonds is 6. The minimum absolute atomic E-state index is 0.115. The summed E-state index contributed by atoms with van der Waals surface area (Å²) >= 11 is 1.05. The van der Waals surface area contributed by atoms with E-state index < -0.39 is 27.9 Å². The number of amides is 2. The largest absolute Gasteiger partial charge is 0.466 e. The summed E-state index contributed by atoms with van der Waals surface area (Å²) in [7, 11) is -3.82. The normalized spacial score (nSPS) is 12.8. The molecule has 0 bridgehead atoms. The van der Waals surface area contributed by atoms with E-state index in [1.807, 2.05) is 0 Å². The molecule has 2 rings (SSSR count). The van der Waals surface area contributed by atoms with Gasteiger partial charge in [-0.1, -0.05) is 19.9 Å². The third kappa shape index (κ3) is 4.71. The predicted molar refractivity (Wildman–Crippen MR) is 97.1 cm³/mol. The van der Waals surface area contributed by atoms with Crippen molar-refractivity contribution < 1.29 is 22.4 Å². The fraction of sp³-hybridized carbons (Fsp3) is 0.375. The second-order valence-corrected chi connectivity index (χ2v) is 8.93. The van der Waals surface area contributed by atoms with Crippen molar-refractivity contribution in [2.45, 2.75) is 37.9 Å². The summed E-state index contributed by atoms with van der Waals surface area (Å²) in [5.41, 5.74) is 4.84. The van der Waals surface area contributed by atoms with Crippen molar-refractivity contribution in [2.24, 2.45) is 5.92 Å². The van der Waals surface area contributed by atoms with E-state index in [9.17, 15) is 18.0 Å². The second kappa shape index (κ2) is 8.02. The Balaban J connectivity index is 2.05. The Bertz CT molecular complexity index is 885. The first-order valence-electron chi connectivity index (χ1n) is 7.85. The summed E-state index contributed by atoms with van der Waals surface area (Å²) in [6.07, 6.45) is 0. The lowest BCUT2D eigenvalue weighted by Crippen LogP contribution is -2.54. The maximum absolute atomic E-state index is 12.4. The van der Waals surface area contributed by atoms with Gasteiger partial charge < -0.3 is 4.42 Å². The van der Waals surface area contributed by atoms with E-state index in [1.165, 1.54) is 6.07 Å². The highest BCUT2D eigenvalue weighted by Crippen LogP contribution is 2.17. The molecule has 2 aromatic rings. The summed E-state index contributed by atoms with van der Waals surface area (Å²) in [4.78, 5) is 24.5. The van der Waals surface area contributed by atoms with Crippen molar-refractivity contribution in [1.29, 1.82) is 0 Å². The summed E-state index contributed by atoms with van der Waals surface area (Å²) in [5.74, 6) is -0.544. The van der Waals surface area contributed by atoms with Gasteiger partial charge in [-0.2, -0.15) is 4.72 Å². The number of carbonyl (C=O) groups is 2. The van der Waals surface area contributed by atoms with E-state index in [0.717, 1.165) is 11.3 Å². The first-order chi connectivity index (χ1) is 12.1. The topological polar surface area (TPSA) is 118 Å². The van der Waals surface area contributed by atoms with Crippen LogP contribution in [0.3, 0.4) is 0 Å².